The van der Waals surface area contributed by atoms with E-state index in [9.17, 15) is 4.79 Å². The minimum Gasteiger partial charge on any atom is -0.480 e. The maximum absolute atomic E-state index is 11.0. The Labute approximate surface area is 90.6 Å². The van der Waals surface area contributed by atoms with Gasteiger partial charge in [0.2, 0.25) is 0 Å². The molecular formula is C11H20N2O2. The molecule has 15 heavy (non-hydrogen) atoms. The van der Waals surface area contributed by atoms with Gasteiger partial charge in [-0.3, -0.25) is 4.79 Å². The largest absolute Gasteiger partial charge is 0.480 e. The second kappa shape index (κ2) is 4.49. The van der Waals surface area contributed by atoms with E-state index < -0.39 is 5.97 Å². The van der Waals surface area contributed by atoms with Gasteiger partial charge in [0.15, 0.2) is 0 Å². The molecule has 0 aromatic heterocycles. The number of nitrogens with zero attached hydrogens (tertiary/aromatic N) is 1. The van der Waals surface area contributed by atoms with Crippen LogP contribution in [0.5, 0.6) is 0 Å². The first-order chi connectivity index (χ1) is 7.16. The number of nitrogens with one attached hydrogen (secondary N) is 1. The molecule has 0 aromatic rings. The first kappa shape index (κ1) is 10.9. The van der Waals surface area contributed by atoms with E-state index in [2.05, 4.69) is 10.2 Å². The van der Waals surface area contributed by atoms with Crippen molar-refractivity contribution >= 4 is 5.97 Å². The highest BCUT2D eigenvalue weighted by atomic mass is 16.4. The van der Waals surface area contributed by atoms with E-state index in [0.29, 0.717) is 18.6 Å². The van der Waals surface area contributed by atoms with E-state index in [0.717, 1.165) is 12.8 Å². The molecule has 2 rings (SSSR count). The molecule has 0 bridgehead atoms. The summed E-state index contributed by atoms with van der Waals surface area (Å²) in [5.41, 5.74) is 0. The molecule has 1 unspecified atom stereocenters. The zero-order valence-electron chi connectivity index (χ0n) is 9.28. The third kappa shape index (κ3) is 2.92. The van der Waals surface area contributed by atoms with Crippen molar-refractivity contribution in [3.8, 4) is 0 Å². The van der Waals surface area contributed by atoms with Crippen molar-refractivity contribution in [3.05, 3.63) is 0 Å². The number of carbonyl (C=O) groups is 1. The minimum atomic E-state index is -0.715. The summed E-state index contributed by atoms with van der Waals surface area (Å²) in [5.74, 6) is -0.715. The molecule has 0 aromatic carbocycles. The highest BCUT2D eigenvalue weighted by Gasteiger charge is 2.31. The van der Waals surface area contributed by atoms with E-state index >= 15 is 0 Å². The summed E-state index contributed by atoms with van der Waals surface area (Å²) in [6, 6.07) is 0.692. The molecule has 0 heterocycles. The van der Waals surface area contributed by atoms with Gasteiger partial charge in [0.1, 0.15) is 6.04 Å². The Hall–Kier alpha value is -0.610. The van der Waals surface area contributed by atoms with Crippen molar-refractivity contribution in [3.63, 3.8) is 0 Å². The monoisotopic (exact) mass is 212 g/mol. The highest BCUT2D eigenvalue weighted by molar-refractivity contribution is 5.73. The molecule has 0 aliphatic heterocycles. The number of hydrogen-bond donors (Lipinski definition) is 2. The SMILES string of the molecule is CN(CC(NC1CC1)C(=O)O)C1CCC1. The van der Waals surface area contributed by atoms with Gasteiger partial charge in [-0.1, -0.05) is 6.42 Å². The number of carboxylic acids is 1. The Balaban J connectivity index is 1.78. The normalized spacial score (nSPS) is 23.9. The van der Waals surface area contributed by atoms with Crippen molar-refractivity contribution < 1.29 is 9.90 Å². The van der Waals surface area contributed by atoms with Gasteiger partial charge >= 0.3 is 5.97 Å². The van der Waals surface area contributed by atoms with Crippen molar-refractivity contribution in [1.29, 1.82) is 0 Å². The molecule has 0 radical (unpaired) electrons. The van der Waals surface area contributed by atoms with Crippen molar-refractivity contribution in [2.45, 2.75) is 50.2 Å². The van der Waals surface area contributed by atoms with Crippen LogP contribution in [0.15, 0.2) is 0 Å². The fourth-order valence-corrected chi connectivity index (χ4v) is 2.00. The van der Waals surface area contributed by atoms with Crippen LogP contribution in [0.2, 0.25) is 0 Å². The van der Waals surface area contributed by atoms with E-state index in [4.69, 9.17) is 5.11 Å². The van der Waals surface area contributed by atoms with Crippen LogP contribution in [-0.2, 0) is 4.79 Å². The summed E-state index contributed by atoms with van der Waals surface area (Å²) in [5, 5.41) is 12.3. The van der Waals surface area contributed by atoms with Crippen LogP contribution >= 0.6 is 0 Å². The Morgan fingerprint density at radius 2 is 2.13 bits per heavy atom. The van der Waals surface area contributed by atoms with Crippen LogP contribution in [-0.4, -0.2) is 47.7 Å². The van der Waals surface area contributed by atoms with E-state index in [1.807, 2.05) is 7.05 Å². The Bertz CT molecular complexity index is 237. The molecule has 0 spiro atoms. The van der Waals surface area contributed by atoms with Gasteiger partial charge in [-0.05, 0) is 32.7 Å². The number of hydrogen-bond acceptors (Lipinski definition) is 3. The third-order valence-corrected chi connectivity index (χ3v) is 3.48. The topological polar surface area (TPSA) is 52.6 Å². The van der Waals surface area contributed by atoms with Crippen LogP contribution in [0.4, 0.5) is 0 Å². The van der Waals surface area contributed by atoms with Gasteiger partial charge < -0.3 is 15.3 Å². The zero-order chi connectivity index (χ0) is 10.8. The lowest BCUT2D eigenvalue weighted by atomic mass is 9.91. The lowest BCUT2D eigenvalue weighted by Gasteiger charge is -2.36. The molecule has 2 saturated carbocycles. The van der Waals surface area contributed by atoms with Gasteiger partial charge in [0.05, 0.1) is 0 Å². The molecule has 2 N–H and O–H groups in total. The van der Waals surface area contributed by atoms with Gasteiger partial charge in [-0.2, -0.15) is 0 Å². The van der Waals surface area contributed by atoms with E-state index in [-0.39, 0.29) is 6.04 Å². The lowest BCUT2D eigenvalue weighted by molar-refractivity contribution is -0.140. The average molecular weight is 212 g/mol. The number of aliphatic carboxylic acids is 1. The summed E-state index contributed by atoms with van der Waals surface area (Å²) in [7, 11) is 2.04. The Morgan fingerprint density at radius 1 is 1.47 bits per heavy atom. The summed E-state index contributed by atoms with van der Waals surface area (Å²) in [4.78, 5) is 13.2. The fraction of sp³-hybridized carbons (Fsp3) is 0.909. The molecule has 4 nitrogen and oxygen atoms in total. The molecule has 0 amide bonds. The molecule has 2 aliphatic rings. The predicted octanol–water partition coefficient (Wildman–Crippen LogP) is 0.676. The number of likely N-dealkylation sites (N-methyl/N-ethyl adjacent to an activating group) is 1. The van der Waals surface area contributed by atoms with Crippen LogP contribution in [0.3, 0.4) is 0 Å². The number of rotatable bonds is 6. The summed E-state index contributed by atoms with van der Waals surface area (Å²) in [6.07, 6.45) is 6.02. The Morgan fingerprint density at radius 3 is 2.53 bits per heavy atom. The maximum atomic E-state index is 11.0. The standard InChI is InChI=1S/C11H20N2O2/c1-13(9-3-2-4-9)7-10(11(14)15)12-8-5-6-8/h8-10,12H,2-7H2,1H3,(H,14,15). The Kier molecular flexibility index (Phi) is 3.26. The zero-order valence-corrected chi connectivity index (χ0v) is 9.28. The van der Waals surface area contributed by atoms with Gasteiger partial charge in [-0.15, -0.1) is 0 Å². The summed E-state index contributed by atoms with van der Waals surface area (Å²) >= 11 is 0. The molecule has 2 fully saturated rings. The second-order valence-electron chi connectivity index (χ2n) is 4.86. The second-order valence-corrected chi connectivity index (χ2v) is 4.86. The molecule has 2 aliphatic carbocycles. The van der Waals surface area contributed by atoms with Gasteiger partial charge in [0, 0.05) is 18.6 Å². The molecule has 0 saturated heterocycles. The van der Waals surface area contributed by atoms with E-state index in [1.165, 1.54) is 19.3 Å². The molecule has 4 heteroatoms. The minimum absolute atomic E-state index is 0.386. The van der Waals surface area contributed by atoms with Gasteiger partial charge in [0.25, 0.3) is 0 Å². The smallest absolute Gasteiger partial charge is 0.322 e. The third-order valence-electron chi connectivity index (χ3n) is 3.48. The fourth-order valence-electron chi connectivity index (χ4n) is 2.00. The van der Waals surface area contributed by atoms with Gasteiger partial charge in [-0.25, -0.2) is 0 Å². The predicted molar refractivity (Wildman–Crippen MR) is 57.9 cm³/mol. The lowest BCUT2D eigenvalue weighted by Crippen LogP contribution is -2.50. The van der Waals surface area contributed by atoms with Crippen LogP contribution < -0.4 is 5.32 Å². The van der Waals surface area contributed by atoms with Crippen LogP contribution in [0, 0.1) is 0 Å². The molecule has 1 atom stereocenters. The van der Waals surface area contributed by atoms with Crippen LogP contribution in [0.1, 0.15) is 32.1 Å². The van der Waals surface area contributed by atoms with Crippen molar-refractivity contribution in [2.24, 2.45) is 0 Å². The van der Waals surface area contributed by atoms with Crippen LogP contribution in [0.25, 0.3) is 0 Å². The summed E-state index contributed by atoms with van der Waals surface area (Å²) in [6.45, 7) is 0.635. The average Bonchev–Trinajstić information content (AvgIpc) is 2.83. The first-order valence-corrected chi connectivity index (χ1v) is 5.86. The molecular weight excluding hydrogens is 192 g/mol. The number of carboxylic acid groups (broad SMARTS) is 1. The molecule has 86 valence electrons. The maximum Gasteiger partial charge on any atom is 0.322 e. The first-order valence-electron chi connectivity index (χ1n) is 5.86. The summed E-state index contributed by atoms with van der Waals surface area (Å²) < 4.78 is 0. The highest BCUT2D eigenvalue weighted by Crippen LogP contribution is 2.24. The van der Waals surface area contributed by atoms with E-state index in [1.54, 1.807) is 0 Å². The quantitative estimate of drug-likeness (QED) is 0.679. The van der Waals surface area contributed by atoms with Crippen molar-refractivity contribution in [2.75, 3.05) is 13.6 Å². The van der Waals surface area contributed by atoms with Crippen molar-refractivity contribution in [1.82, 2.24) is 10.2 Å².